The molecule has 2 aromatic rings. The minimum absolute atomic E-state index is 0.0703. The smallest absolute Gasteiger partial charge is 0.224 e. The highest BCUT2D eigenvalue weighted by Gasteiger charge is 2.23. The lowest BCUT2D eigenvalue weighted by molar-refractivity contribution is -0.132. The van der Waals surface area contributed by atoms with Crippen LogP contribution in [0.4, 0.5) is 4.39 Å². The maximum Gasteiger partial charge on any atom is 0.224 e. The summed E-state index contributed by atoms with van der Waals surface area (Å²) < 4.78 is 12.9. The number of nitrogens with zero attached hydrogens (tertiary/aromatic N) is 1. The zero-order valence-electron chi connectivity index (χ0n) is 15.7. The lowest BCUT2D eigenvalue weighted by Crippen LogP contribution is -2.46. The number of aryl methyl sites for hydroxylation is 1. The van der Waals surface area contributed by atoms with Crippen LogP contribution in [0.15, 0.2) is 48.5 Å². The quantitative estimate of drug-likeness (QED) is 0.799. The highest BCUT2D eigenvalue weighted by Crippen LogP contribution is 2.15. The molecular formula is C22H24ClFN2O2. The summed E-state index contributed by atoms with van der Waals surface area (Å²) in [4.78, 5) is 26.5. The van der Waals surface area contributed by atoms with Crippen LogP contribution in [0.5, 0.6) is 0 Å². The van der Waals surface area contributed by atoms with Crippen molar-refractivity contribution in [2.45, 2.75) is 38.1 Å². The summed E-state index contributed by atoms with van der Waals surface area (Å²) >= 11 is 5.88. The molecule has 2 aromatic carbocycles. The number of piperidine rings is 1. The van der Waals surface area contributed by atoms with E-state index < -0.39 is 0 Å². The molecule has 1 aliphatic rings. The van der Waals surface area contributed by atoms with Crippen LogP contribution in [0.2, 0.25) is 5.02 Å². The molecule has 0 aliphatic carbocycles. The topological polar surface area (TPSA) is 49.4 Å². The van der Waals surface area contributed by atoms with Gasteiger partial charge >= 0.3 is 0 Å². The summed E-state index contributed by atoms with van der Waals surface area (Å²) in [5.41, 5.74) is 1.88. The van der Waals surface area contributed by atoms with Crippen LogP contribution >= 0.6 is 11.6 Å². The predicted molar refractivity (Wildman–Crippen MR) is 108 cm³/mol. The summed E-state index contributed by atoms with van der Waals surface area (Å²) in [7, 11) is 0. The van der Waals surface area contributed by atoms with Crippen molar-refractivity contribution in [1.82, 2.24) is 10.2 Å². The van der Waals surface area contributed by atoms with Crippen LogP contribution < -0.4 is 5.32 Å². The Kier molecular flexibility index (Phi) is 7.04. The first-order valence-electron chi connectivity index (χ1n) is 9.55. The second-order valence-electron chi connectivity index (χ2n) is 7.15. The van der Waals surface area contributed by atoms with E-state index in [2.05, 4.69) is 5.32 Å². The number of carbonyl (C=O) groups excluding carboxylic acids is 2. The number of halogens is 2. The van der Waals surface area contributed by atoms with Gasteiger partial charge in [0.1, 0.15) is 5.82 Å². The summed E-state index contributed by atoms with van der Waals surface area (Å²) in [6, 6.07) is 13.6. The first-order chi connectivity index (χ1) is 13.5. The van der Waals surface area contributed by atoms with Crippen LogP contribution in [-0.4, -0.2) is 35.8 Å². The third kappa shape index (κ3) is 6.06. The second kappa shape index (κ2) is 9.69. The Hall–Kier alpha value is -2.40. The molecule has 0 bridgehead atoms. The van der Waals surface area contributed by atoms with E-state index in [4.69, 9.17) is 11.6 Å². The van der Waals surface area contributed by atoms with Gasteiger partial charge in [0.15, 0.2) is 0 Å². The number of amides is 2. The maximum atomic E-state index is 12.9. The van der Waals surface area contributed by atoms with Gasteiger partial charge in [-0.15, -0.1) is 0 Å². The van der Waals surface area contributed by atoms with Crippen molar-refractivity contribution in [2.24, 2.45) is 0 Å². The van der Waals surface area contributed by atoms with E-state index in [1.54, 1.807) is 12.1 Å². The molecule has 28 heavy (non-hydrogen) atoms. The number of hydrogen-bond acceptors (Lipinski definition) is 2. The van der Waals surface area contributed by atoms with Crippen LogP contribution in [0.25, 0.3) is 0 Å². The van der Waals surface area contributed by atoms with Gasteiger partial charge in [-0.1, -0.05) is 35.9 Å². The summed E-state index contributed by atoms with van der Waals surface area (Å²) in [6.07, 6.45) is 2.91. The van der Waals surface area contributed by atoms with Gasteiger partial charge in [-0.25, -0.2) is 4.39 Å². The molecule has 2 amide bonds. The molecule has 0 atom stereocenters. The molecule has 0 spiro atoms. The molecule has 1 heterocycles. The Morgan fingerprint density at radius 2 is 1.61 bits per heavy atom. The lowest BCUT2D eigenvalue weighted by Gasteiger charge is -2.32. The van der Waals surface area contributed by atoms with Crippen LogP contribution in [0, 0.1) is 5.82 Å². The molecule has 0 aromatic heterocycles. The van der Waals surface area contributed by atoms with Crippen molar-refractivity contribution in [1.29, 1.82) is 0 Å². The maximum absolute atomic E-state index is 12.9. The highest BCUT2D eigenvalue weighted by molar-refractivity contribution is 6.30. The van der Waals surface area contributed by atoms with Crippen LogP contribution in [0.1, 0.15) is 30.4 Å². The molecule has 3 rings (SSSR count). The average Bonchev–Trinajstić information content (AvgIpc) is 2.69. The van der Waals surface area contributed by atoms with E-state index >= 15 is 0 Å². The zero-order chi connectivity index (χ0) is 19.9. The number of hydrogen-bond donors (Lipinski definition) is 1. The van der Waals surface area contributed by atoms with E-state index in [-0.39, 0.29) is 30.1 Å². The van der Waals surface area contributed by atoms with Crippen LogP contribution in [0.3, 0.4) is 0 Å². The van der Waals surface area contributed by atoms with E-state index in [1.807, 2.05) is 29.2 Å². The van der Waals surface area contributed by atoms with Crippen molar-refractivity contribution in [3.05, 3.63) is 70.5 Å². The molecule has 6 heteroatoms. The van der Waals surface area contributed by atoms with E-state index in [9.17, 15) is 14.0 Å². The standard InChI is InChI=1S/C22H24ClFN2O2/c23-18-6-1-16(2-7-18)5-10-22(28)26-13-11-20(12-14-26)25-21(27)15-17-3-8-19(24)9-4-17/h1-4,6-9,20H,5,10-15H2,(H,25,27). The Balaban J connectivity index is 1.38. The molecule has 1 N–H and O–H groups in total. The fraction of sp³-hybridized carbons (Fsp3) is 0.364. The van der Waals surface area contributed by atoms with Gasteiger partial charge in [-0.05, 0) is 54.7 Å². The van der Waals surface area contributed by atoms with E-state index in [0.29, 0.717) is 31.0 Å². The van der Waals surface area contributed by atoms with Gasteiger partial charge in [0.05, 0.1) is 6.42 Å². The summed E-state index contributed by atoms with van der Waals surface area (Å²) in [5, 5.41) is 3.71. The Morgan fingerprint density at radius 1 is 1.00 bits per heavy atom. The molecule has 1 fully saturated rings. The first kappa shape index (κ1) is 20.3. The number of rotatable bonds is 6. The third-order valence-electron chi connectivity index (χ3n) is 5.03. The monoisotopic (exact) mass is 402 g/mol. The van der Waals surface area contributed by atoms with Crippen molar-refractivity contribution >= 4 is 23.4 Å². The fourth-order valence-corrected chi connectivity index (χ4v) is 3.53. The molecule has 4 nitrogen and oxygen atoms in total. The minimum Gasteiger partial charge on any atom is -0.353 e. The van der Waals surface area contributed by atoms with Gasteiger partial charge < -0.3 is 10.2 Å². The van der Waals surface area contributed by atoms with Gasteiger partial charge in [-0.3, -0.25) is 9.59 Å². The molecular weight excluding hydrogens is 379 g/mol. The Labute approximate surface area is 169 Å². The molecule has 0 saturated carbocycles. The SMILES string of the molecule is O=C(Cc1ccc(F)cc1)NC1CCN(C(=O)CCc2ccc(Cl)cc2)CC1. The minimum atomic E-state index is -0.308. The highest BCUT2D eigenvalue weighted by atomic mass is 35.5. The van der Waals surface area contributed by atoms with Crippen molar-refractivity contribution in [3.63, 3.8) is 0 Å². The van der Waals surface area contributed by atoms with E-state index in [1.165, 1.54) is 12.1 Å². The second-order valence-corrected chi connectivity index (χ2v) is 7.59. The van der Waals surface area contributed by atoms with Gasteiger partial charge in [0.2, 0.25) is 11.8 Å². The molecule has 0 radical (unpaired) electrons. The molecule has 148 valence electrons. The normalized spacial score (nSPS) is 14.7. The summed E-state index contributed by atoms with van der Waals surface area (Å²) in [5.74, 6) is -0.234. The van der Waals surface area contributed by atoms with Crippen molar-refractivity contribution in [2.75, 3.05) is 13.1 Å². The number of carbonyl (C=O) groups is 2. The van der Waals surface area contributed by atoms with Gasteiger partial charge in [-0.2, -0.15) is 0 Å². The predicted octanol–water partition coefficient (Wildman–Crippen LogP) is 3.76. The largest absolute Gasteiger partial charge is 0.353 e. The molecule has 0 unspecified atom stereocenters. The van der Waals surface area contributed by atoms with Crippen LogP contribution in [-0.2, 0) is 22.4 Å². The number of benzene rings is 2. The first-order valence-corrected chi connectivity index (χ1v) is 9.93. The molecule has 1 aliphatic heterocycles. The average molecular weight is 403 g/mol. The fourth-order valence-electron chi connectivity index (χ4n) is 3.40. The van der Waals surface area contributed by atoms with Crippen molar-refractivity contribution < 1.29 is 14.0 Å². The molecule has 1 saturated heterocycles. The number of nitrogens with one attached hydrogen (secondary N) is 1. The number of likely N-dealkylation sites (tertiary alicyclic amines) is 1. The van der Waals surface area contributed by atoms with E-state index in [0.717, 1.165) is 24.0 Å². The Morgan fingerprint density at radius 3 is 2.25 bits per heavy atom. The van der Waals surface area contributed by atoms with Gasteiger partial charge in [0, 0.05) is 30.6 Å². The third-order valence-corrected chi connectivity index (χ3v) is 5.28. The zero-order valence-corrected chi connectivity index (χ0v) is 16.4. The lowest BCUT2D eigenvalue weighted by atomic mass is 10.0. The Bertz CT molecular complexity index is 800. The van der Waals surface area contributed by atoms with Crippen molar-refractivity contribution in [3.8, 4) is 0 Å². The summed E-state index contributed by atoms with van der Waals surface area (Å²) in [6.45, 7) is 1.31. The van der Waals surface area contributed by atoms with Gasteiger partial charge in [0.25, 0.3) is 0 Å².